The van der Waals surface area contributed by atoms with Crippen LogP contribution in [-0.2, 0) is 0 Å². The highest BCUT2D eigenvalue weighted by atomic mass is 79.9. The second-order valence-electron chi connectivity index (χ2n) is 3.00. The average Bonchev–Trinajstić information content (AvgIpc) is 2.47. The number of rotatable bonds is 1. The van der Waals surface area contributed by atoms with Gasteiger partial charge in [0.1, 0.15) is 4.60 Å². The molecule has 0 unspecified atom stereocenters. The van der Waals surface area contributed by atoms with E-state index in [1.54, 1.807) is 0 Å². The van der Waals surface area contributed by atoms with Crippen LogP contribution in [0.15, 0.2) is 34.9 Å². The van der Waals surface area contributed by atoms with Crippen molar-refractivity contribution in [3.63, 3.8) is 0 Å². The van der Waals surface area contributed by atoms with Crippen LogP contribution < -0.4 is 0 Å². The Morgan fingerprint density at radius 3 is 2.43 bits per heavy atom. The van der Waals surface area contributed by atoms with Crippen LogP contribution in [0.2, 0.25) is 5.02 Å². The van der Waals surface area contributed by atoms with Crippen molar-refractivity contribution in [1.29, 1.82) is 0 Å². The maximum absolute atomic E-state index is 5.81. The molecular formula is C10H8BrClN2. The quantitative estimate of drug-likeness (QED) is 0.775. The molecule has 1 heterocycles. The SMILES string of the molecule is Cc1cc(Br)nn1-c1ccc(Cl)cc1. The first-order chi connectivity index (χ1) is 6.66. The summed E-state index contributed by atoms with van der Waals surface area (Å²) in [7, 11) is 0. The topological polar surface area (TPSA) is 17.8 Å². The fourth-order valence-electron chi connectivity index (χ4n) is 1.28. The first kappa shape index (κ1) is 9.74. The van der Waals surface area contributed by atoms with E-state index in [0.29, 0.717) is 0 Å². The van der Waals surface area contributed by atoms with E-state index in [0.717, 1.165) is 21.0 Å². The lowest BCUT2D eigenvalue weighted by Gasteiger charge is -2.03. The van der Waals surface area contributed by atoms with Crippen molar-refractivity contribution >= 4 is 27.5 Å². The standard InChI is InChI=1S/C10H8BrClN2/c1-7-6-10(11)13-14(7)9-4-2-8(12)3-5-9/h2-6H,1H3. The Morgan fingerprint density at radius 1 is 1.29 bits per heavy atom. The van der Waals surface area contributed by atoms with Crippen molar-refractivity contribution in [2.75, 3.05) is 0 Å². The molecule has 0 aliphatic carbocycles. The van der Waals surface area contributed by atoms with Crippen molar-refractivity contribution < 1.29 is 0 Å². The summed E-state index contributed by atoms with van der Waals surface area (Å²) in [5.41, 5.74) is 2.09. The first-order valence-electron chi connectivity index (χ1n) is 4.15. The molecule has 0 radical (unpaired) electrons. The minimum absolute atomic E-state index is 0.734. The van der Waals surface area contributed by atoms with Gasteiger partial charge in [0.25, 0.3) is 0 Å². The van der Waals surface area contributed by atoms with Gasteiger partial charge in [-0.2, -0.15) is 5.10 Å². The molecule has 0 fully saturated rings. The number of aryl methyl sites for hydroxylation is 1. The summed E-state index contributed by atoms with van der Waals surface area (Å²) in [6.45, 7) is 2.01. The number of halogens is 2. The van der Waals surface area contributed by atoms with Crippen LogP contribution in [0.3, 0.4) is 0 Å². The summed E-state index contributed by atoms with van der Waals surface area (Å²) in [5, 5.41) is 5.03. The van der Waals surface area contributed by atoms with Crippen molar-refractivity contribution in [3.8, 4) is 5.69 Å². The molecular weight excluding hydrogens is 263 g/mol. The number of nitrogens with zero attached hydrogens (tertiary/aromatic N) is 2. The lowest BCUT2D eigenvalue weighted by Crippen LogP contribution is -1.97. The molecule has 14 heavy (non-hydrogen) atoms. The zero-order valence-electron chi connectivity index (χ0n) is 7.54. The van der Waals surface area contributed by atoms with Gasteiger partial charge in [0, 0.05) is 10.7 Å². The van der Waals surface area contributed by atoms with Crippen molar-refractivity contribution in [2.45, 2.75) is 6.92 Å². The molecule has 1 aromatic carbocycles. The molecule has 2 nitrogen and oxygen atoms in total. The molecule has 0 aliphatic rings. The van der Waals surface area contributed by atoms with E-state index in [9.17, 15) is 0 Å². The first-order valence-corrected chi connectivity index (χ1v) is 5.32. The molecule has 0 spiro atoms. The van der Waals surface area contributed by atoms with E-state index >= 15 is 0 Å². The third-order valence-electron chi connectivity index (χ3n) is 1.93. The van der Waals surface area contributed by atoms with E-state index in [4.69, 9.17) is 11.6 Å². The molecule has 0 bridgehead atoms. The van der Waals surface area contributed by atoms with Gasteiger partial charge < -0.3 is 0 Å². The predicted octanol–water partition coefficient (Wildman–Crippen LogP) is 3.60. The second kappa shape index (κ2) is 3.75. The van der Waals surface area contributed by atoms with Crippen LogP contribution in [0.1, 0.15) is 5.69 Å². The highest BCUT2D eigenvalue weighted by molar-refractivity contribution is 9.10. The van der Waals surface area contributed by atoms with Gasteiger partial charge in [-0.3, -0.25) is 0 Å². The third kappa shape index (κ3) is 1.83. The summed E-state index contributed by atoms with van der Waals surface area (Å²) >= 11 is 9.14. The summed E-state index contributed by atoms with van der Waals surface area (Å²) in [6.07, 6.45) is 0. The Balaban J connectivity index is 2.49. The Labute approximate surface area is 95.6 Å². The molecule has 2 rings (SSSR count). The lowest BCUT2D eigenvalue weighted by atomic mass is 10.3. The van der Waals surface area contributed by atoms with Crippen molar-refractivity contribution in [1.82, 2.24) is 9.78 Å². The normalized spacial score (nSPS) is 10.5. The van der Waals surface area contributed by atoms with E-state index in [-0.39, 0.29) is 0 Å². The van der Waals surface area contributed by atoms with E-state index < -0.39 is 0 Å². The van der Waals surface area contributed by atoms with Crippen LogP contribution in [0.25, 0.3) is 5.69 Å². The summed E-state index contributed by atoms with van der Waals surface area (Å²) in [4.78, 5) is 0. The molecule has 2 aromatic rings. The molecule has 0 atom stereocenters. The number of hydrogen-bond acceptors (Lipinski definition) is 1. The minimum atomic E-state index is 0.734. The van der Waals surface area contributed by atoms with Crippen LogP contribution in [0, 0.1) is 6.92 Å². The largest absolute Gasteiger partial charge is 0.237 e. The van der Waals surface area contributed by atoms with E-state index in [1.165, 1.54) is 0 Å². The Morgan fingerprint density at radius 2 is 1.93 bits per heavy atom. The van der Waals surface area contributed by atoms with Crippen LogP contribution in [0.4, 0.5) is 0 Å². The van der Waals surface area contributed by atoms with Gasteiger partial charge in [-0.15, -0.1) is 0 Å². The van der Waals surface area contributed by atoms with Gasteiger partial charge in [0.2, 0.25) is 0 Å². The van der Waals surface area contributed by atoms with E-state index in [2.05, 4.69) is 21.0 Å². The Hall–Kier alpha value is -0.800. The number of benzene rings is 1. The molecule has 0 saturated carbocycles. The average molecular weight is 272 g/mol. The van der Waals surface area contributed by atoms with Gasteiger partial charge in [-0.05, 0) is 53.2 Å². The maximum Gasteiger partial charge on any atom is 0.128 e. The highest BCUT2D eigenvalue weighted by Gasteiger charge is 2.03. The van der Waals surface area contributed by atoms with Crippen molar-refractivity contribution in [3.05, 3.63) is 45.7 Å². The molecule has 72 valence electrons. The summed E-state index contributed by atoms with van der Waals surface area (Å²) in [5.74, 6) is 0. The molecule has 1 aromatic heterocycles. The van der Waals surface area contributed by atoms with Gasteiger partial charge >= 0.3 is 0 Å². The molecule has 4 heteroatoms. The van der Waals surface area contributed by atoms with E-state index in [1.807, 2.05) is 41.9 Å². The molecule has 0 amide bonds. The fraction of sp³-hybridized carbons (Fsp3) is 0.100. The van der Waals surface area contributed by atoms with Crippen LogP contribution in [0.5, 0.6) is 0 Å². The van der Waals surface area contributed by atoms with Gasteiger partial charge in [0.05, 0.1) is 5.69 Å². The third-order valence-corrected chi connectivity index (χ3v) is 2.57. The Bertz CT molecular complexity index is 448. The van der Waals surface area contributed by atoms with Crippen LogP contribution >= 0.6 is 27.5 Å². The summed E-state index contributed by atoms with van der Waals surface area (Å²) in [6, 6.07) is 9.55. The minimum Gasteiger partial charge on any atom is -0.237 e. The molecule has 0 saturated heterocycles. The number of hydrogen-bond donors (Lipinski definition) is 0. The smallest absolute Gasteiger partial charge is 0.128 e. The monoisotopic (exact) mass is 270 g/mol. The fourth-order valence-corrected chi connectivity index (χ4v) is 1.90. The summed E-state index contributed by atoms with van der Waals surface area (Å²) < 4.78 is 2.70. The number of aromatic nitrogens is 2. The zero-order chi connectivity index (χ0) is 10.1. The molecule has 0 N–H and O–H groups in total. The molecule has 0 aliphatic heterocycles. The second-order valence-corrected chi connectivity index (χ2v) is 4.25. The Kier molecular flexibility index (Phi) is 2.61. The highest BCUT2D eigenvalue weighted by Crippen LogP contribution is 2.17. The van der Waals surface area contributed by atoms with Gasteiger partial charge in [0.15, 0.2) is 0 Å². The van der Waals surface area contributed by atoms with Crippen LogP contribution in [-0.4, -0.2) is 9.78 Å². The van der Waals surface area contributed by atoms with Crippen molar-refractivity contribution in [2.24, 2.45) is 0 Å². The van der Waals surface area contributed by atoms with Gasteiger partial charge in [-0.1, -0.05) is 11.6 Å². The zero-order valence-corrected chi connectivity index (χ0v) is 9.88. The lowest BCUT2D eigenvalue weighted by molar-refractivity contribution is 0.839. The predicted molar refractivity (Wildman–Crippen MR) is 61.0 cm³/mol. The maximum atomic E-state index is 5.81. The van der Waals surface area contributed by atoms with Gasteiger partial charge in [-0.25, -0.2) is 4.68 Å².